The molecular weight excluding hydrogens is 300 g/mol. The van der Waals surface area contributed by atoms with E-state index >= 15 is 0 Å². The third-order valence-corrected chi connectivity index (χ3v) is 4.00. The number of benzene rings is 2. The van der Waals surface area contributed by atoms with E-state index in [4.69, 9.17) is 4.74 Å². The smallest absolute Gasteiger partial charge is 0.251 e. The average Bonchev–Trinajstić information content (AvgIpc) is 3.16. The van der Waals surface area contributed by atoms with Crippen molar-refractivity contribution in [3.05, 3.63) is 84.2 Å². The molecular formula is C20H20N2O2. The Kier molecular flexibility index (Phi) is 4.66. The van der Waals surface area contributed by atoms with Gasteiger partial charge in [-0.1, -0.05) is 12.1 Å². The predicted octanol–water partition coefficient (Wildman–Crippen LogP) is 3.98. The minimum atomic E-state index is -0.0976. The van der Waals surface area contributed by atoms with Crippen LogP contribution in [-0.2, 0) is 0 Å². The topological polar surface area (TPSA) is 43.3 Å². The van der Waals surface area contributed by atoms with Crippen LogP contribution < -0.4 is 10.1 Å². The summed E-state index contributed by atoms with van der Waals surface area (Å²) in [6.07, 6.45) is 4.01. The minimum Gasteiger partial charge on any atom is -0.497 e. The number of aromatic nitrogens is 1. The van der Waals surface area contributed by atoms with Crippen LogP contribution in [0.25, 0.3) is 5.69 Å². The van der Waals surface area contributed by atoms with Crippen molar-refractivity contribution in [3.63, 3.8) is 0 Å². The number of rotatable bonds is 5. The molecule has 4 nitrogen and oxygen atoms in total. The molecule has 0 aliphatic carbocycles. The second kappa shape index (κ2) is 7.04. The Morgan fingerprint density at radius 1 is 1.00 bits per heavy atom. The molecule has 2 aromatic carbocycles. The van der Waals surface area contributed by atoms with Crippen LogP contribution in [0.4, 0.5) is 0 Å². The SMILES string of the molecule is COc1ccc(C(=O)NC(C)c2ccc(-n3cccc3)cc2)cc1. The lowest BCUT2D eigenvalue weighted by molar-refractivity contribution is 0.0940. The summed E-state index contributed by atoms with van der Waals surface area (Å²) in [6.45, 7) is 1.98. The summed E-state index contributed by atoms with van der Waals surface area (Å²) in [5, 5.41) is 3.02. The molecule has 0 bridgehead atoms. The monoisotopic (exact) mass is 320 g/mol. The first-order valence-electron chi connectivity index (χ1n) is 7.85. The molecule has 1 N–H and O–H groups in total. The van der Waals surface area contributed by atoms with Gasteiger partial charge in [0.05, 0.1) is 13.2 Å². The molecule has 1 aromatic heterocycles. The highest BCUT2D eigenvalue weighted by molar-refractivity contribution is 5.94. The maximum absolute atomic E-state index is 12.3. The fourth-order valence-electron chi connectivity index (χ4n) is 2.55. The Morgan fingerprint density at radius 2 is 1.62 bits per heavy atom. The Labute approximate surface area is 141 Å². The molecule has 0 radical (unpaired) electrons. The number of nitrogens with zero attached hydrogens (tertiary/aromatic N) is 1. The molecule has 0 fully saturated rings. The first kappa shape index (κ1) is 15.9. The highest BCUT2D eigenvalue weighted by Gasteiger charge is 2.11. The molecule has 3 rings (SSSR count). The van der Waals surface area contributed by atoms with Crippen molar-refractivity contribution >= 4 is 5.91 Å². The van der Waals surface area contributed by atoms with Crippen molar-refractivity contribution in [1.82, 2.24) is 9.88 Å². The van der Waals surface area contributed by atoms with Crippen LogP contribution in [0, 0.1) is 0 Å². The van der Waals surface area contributed by atoms with E-state index in [0.717, 1.165) is 17.0 Å². The fourth-order valence-corrected chi connectivity index (χ4v) is 2.55. The van der Waals surface area contributed by atoms with E-state index in [0.29, 0.717) is 5.56 Å². The summed E-state index contributed by atoms with van der Waals surface area (Å²) in [6, 6.07) is 19.2. The van der Waals surface area contributed by atoms with Crippen LogP contribution in [0.1, 0.15) is 28.9 Å². The molecule has 4 heteroatoms. The molecule has 1 heterocycles. The number of carbonyl (C=O) groups excluding carboxylic acids is 1. The van der Waals surface area contributed by atoms with Gasteiger partial charge in [-0.05, 0) is 61.0 Å². The molecule has 3 aromatic rings. The molecule has 0 saturated carbocycles. The molecule has 1 unspecified atom stereocenters. The molecule has 0 spiro atoms. The zero-order valence-electron chi connectivity index (χ0n) is 13.8. The Hall–Kier alpha value is -3.01. The van der Waals surface area contributed by atoms with Crippen LogP contribution in [0.5, 0.6) is 5.75 Å². The van der Waals surface area contributed by atoms with Gasteiger partial charge >= 0.3 is 0 Å². The number of nitrogens with one attached hydrogen (secondary N) is 1. The highest BCUT2D eigenvalue weighted by Crippen LogP contribution is 2.17. The molecule has 0 aliphatic heterocycles. The van der Waals surface area contributed by atoms with Crippen molar-refractivity contribution in [2.24, 2.45) is 0 Å². The molecule has 1 atom stereocenters. The van der Waals surface area contributed by atoms with Crippen molar-refractivity contribution < 1.29 is 9.53 Å². The Balaban J connectivity index is 1.67. The van der Waals surface area contributed by atoms with Gasteiger partial charge in [-0.2, -0.15) is 0 Å². The largest absolute Gasteiger partial charge is 0.497 e. The van der Waals surface area contributed by atoms with Gasteiger partial charge in [0.25, 0.3) is 5.91 Å². The fraction of sp³-hybridized carbons (Fsp3) is 0.150. The van der Waals surface area contributed by atoms with Crippen molar-refractivity contribution in [1.29, 1.82) is 0 Å². The van der Waals surface area contributed by atoms with Crippen molar-refractivity contribution in [3.8, 4) is 11.4 Å². The summed E-state index contributed by atoms with van der Waals surface area (Å²) in [5.74, 6) is 0.639. The predicted molar refractivity (Wildman–Crippen MR) is 94.6 cm³/mol. The van der Waals surface area contributed by atoms with Gasteiger partial charge in [-0.15, -0.1) is 0 Å². The quantitative estimate of drug-likeness (QED) is 0.773. The molecule has 0 aliphatic rings. The van der Waals surface area contributed by atoms with Gasteiger partial charge in [0, 0.05) is 23.6 Å². The van der Waals surface area contributed by atoms with Crippen LogP contribution in [0.3, 0.4) is 0 Å². The van der Waals surface area contributed by atoms with Crippen molar-refractivity contribution in [2.45, 2.75) is 13.0 Å². The second-order valence-corrected chi connectivity index (χ2v) is 5.61. The van der Waals surface area contributed by atoms with E-state index in [1.807, 2.05) is 60.3 Å². The maximum atomic E-state index is 12.3. The van der Waals surface area contributed by atoms with Crippen LogP contribution in [0.15, 0.2) is 73.1 Å². The second-order valence-electron chi connectivity index (χ2n) is 5.61. The Bertz CT molecular complexity index is 791. The zero-order valence-corrected chi connectivity index (χ0v) is 13.8. The average molecular weight is 320 g/mol. The summed E-state index contributed by atoms with van der Waals surface area (Å²) in [4.78, 5) is 12.3. The van der Waals surface area contributed by atoms with E-state index < -0.39 is 0 Å². The van der Waals surface area contributed by atoms with Gasteiger partial charge in [0.15, 0.2) is 0 Å². The summed E-state index contributed by atoms with van der Waals surface area (Å²) >= 11 is 0. The normalized spacial score (nSPS) is 11.8. The highest BCUT2D eigenvalue weighted by atomic mass is 16.5. The number of hydrogen-bond donors (Lipinski definition) is 1. The number of amides is 1. The van der Waals surface area contributed by atoms with E-state index in [9.17, 15) is 4.79 Å². The van der Waals surface area contributed by atoms with Crippen LogP contribution in [-0.4, -0.2) is 17.6 Å². The molecule has 1 amide bonds. The summed E-state index contributed by atoms with van der Waals surface area (Å²) in [7, 11) is 1.61. The molecule has 122 valence electrons. The van der Waals surface area contributed by atoms with Gasteiger partial charge in [0.1, 0.15) is 5.75 Å². The third kappa shape index (κ3) is 3.49. The maximum Gasteiger partial charge on any atom is 0.251 e. The van der Waals surface area contributed by atoms with E-state index in [-0.39, 0.29) is 11.9 Å². The lowest BCUT2D eigenvalue weighted by Gasteiger charge is -2.15. The summed E-state index contributed by atoms with van der Waals surface area (Å²) in [5.41, 5.74) is 2.77. The van der Waals surface area contributed by atoms with Gasteiger partial charge in [0.2, 0.25) is 0 Å². The minimum absolute atomic E-state index is 0.0710. The van der Waals surface area contributed by atoms with Crippen LogP contribution in [0.2, 0.25) is 0 Å². The van der Waals surface area contributed by atoms with Gasteiger partial charge in [-0.3, -0.25) is 4.79 Å². The lowest BCUT2D eigenvalue weighted by atomic mass is 10.1. The first-order chi connectivity index (χ1) is 11.7. The van der Waals surface area contributed by atoms with E-state index in [1.54, 1.807) is 31.4 Å². The van der Waals surface area contributed by atoms with Crippen LogP contribution >= 0.6 is 0 Å². The van der Waals surface area contributed by atoms with Gasteiger partial charge < -0.3 is 14.6 Å². The van der Waals surface area contributed by atoms with Gasteiger partial charge in [-0.25, -0.2) is 0 Å². The first-order valence-corrected chi connectivity index (χ1v) is 7.85. The number of ether oxygens (including phenoxy) is 1. The molecule has 24 heavy (non-hydrogen) atoms. The lowest BCUT2D eigenvalue weighted by Crippen LogP contribution is -2.26. The number of hydrogen-bond acceptors (Lipinski definition) is 2. The number of carbonyl (C=O) groups is 1. The standard InChI is InChI=1S/C20H20N2O2/c1-15(21-20(23)17-7-11-19(24-2)12-8-17)16-5-9-18(10-6-16)22-13-3-4-14-22/h3-15H,1-2H3,(H,21,23). The number of methoxy groups -OCH3 is 1. The Morgan fingerprint density at radius 3 is 2.21 bits per heavy atom. The zero-order chi connectivity index (χ0) is 16.9. The van der Waals surface area contributed by atoms with Crippen molar-refractivity contribution in [2.75, 3.05) is 7.11 Å². The molecule has 0 saturated heterocycles. The summed E-state index contributed by atoms with van der Waals surface area (Å²) < 4.78 is 7.15. The third-order valence-electron chi connectivity index (χ3n) is 4.00. The van der Waals surface area contributed by atoms with E-state index in [1.165, 1.54) is 0 Å². The van der Waals surface area contributed by atoms with E-state index in [2.05, 4.69) is 5.32 Å².